The molecule has 0 saturated heterocycles. The van der Waals surface area contributed by atoms with Gasteiger partial charge in [0.25, 0.3) is 0 Å². The SMILES string of the molecule is CC1=[N+](c2ccccc2C)c2cccc3c2/C(=c2/ccccc2=N1)C=C3. The van der Waals surface area contributed by atoms with E-state index in [-0.39, 0.29) is 0 Å². The molecule has 3 aromatic rings. The van der Waals surface area contributed by atoms with Gasteiger partial charge in [0.2, 0.25) is 0 Å². The molecule has 5 rings (SSSR count). The van der Waals surface area contributed by atoms with Crippen LogP contribution in [0.1, 0.15) is 23.6 Å². The van der Waals surface area contributed by atoms with E-state index in [0.717, 1.165) is 11.2 Å². The molecule has 26 heavy (non-hydrogen) atoms. The van der Waals surface area contributed by atoms with Gasteiger partial charge in [-0.05, 0) is 52.9 Å². The number of aryl methyl sites for hydroxylation is 1. The number of rotatable bonds is 1. The molecule has 0 N–H and O–H groups in total. The van der Waals surface area contributed by atoms with Gasteiger partial charge in [-0.15, -0.1) is 0 Å². The smallest absolute Gasteiger partial charge is 0.193 e. The number of nitrogens with zero attached hydrogens (tertiary/aromatic N) is 2. The van der Waals surface area contributed by atoms with Crippen LogP contribution in [-0.4, -0.2) is 5.84 Å². The van der Waals surface area contributed by atoms with Crippen molar-refractivity contribution in [1.29, 1.82) is 0 Å². The molecule has 2 nitrogen and oxygen atoms in total. The second-order valence-electron chi connectivity index (χ2n) is 6.79. The van der Waals surface area contributed by atoms with Crippen molar-refractivity contribution in [3.8, 4) is 0 Å². The van der Waals surface area contributed by atoms with Gasteiger partial charge in [-0.25, -0.2) is 0 Å². The third kappa shape index (κ3) is 2.12. The number of hydrogen-bond acceptors (Lipinski definition) is 1. The highest BCUT2D eigenvalue weighted by Gasteiger charge is 2.26. The number of fused-ring (bicyclic) bond motifs is 1. The molecular formula is C24H19N2+. The van der Waals surface area contributed by atoms with Gasteiger partial charge in [-0.2, -0.15) is 4.58 Å². The van der Waals surface area contributed by atoms with Gasteiger partial charge in [0, 0.05) is 17.7 Å². The standard InChI is InChI=1S/C24H19N2/c1-16-8-3-6-12-22(16)26-17(2)25-21-11-5-4-10-19(21)20-15-14-18-9-7-13-23(26)24(18)20/h3-15H,1-2H3/q+1/b20-19-. The summed E-state index contributed by atoms with van der Waals surface area (Å²) in [6.07, 6.45) is 4.43. The van der Waals surface area contributed by atoms with Crippen molar-refractivity contribution in [3.05, 3.63) is 100 Å². The predicted molar refractivity (Wildman–Crippen MR) is 109 cm³/mol. The van der Waals surface area contributed by atoms with E-state index in [1.807, 2.05) is 0 Å². The van der Waals surface area contributed by atoms with Gasteiger partial charge < -0.3 is 0 Å². The predicted octanol–water partition coefficient (Wildman–Crippen LogP) is 4.11. The van der Waals surface area contributed by atoms with E-state index in [9.17, 15) is 0 Å². The van der Waals surface area contributed by atoms with Crippen LogP contribution in [0, 0.1) is 6.92 Å². The third-order valence-corrected chi connectivity index (χ3v) is 5.17. The van der Waals surface area contributed by atoms with Crippen LogP contribution in [0.2, 0.25) is 0 Å². The quantitative estimate of drug-likeness (QED) is 0.595. The molecule has 1 heterocycles. The average molecular weight is 335 g/mol. The van der Waals surface area contributed by atoms with Crippen molar-refractivity contribution >= 4 is 28.9 Å². The summed E-state index contributed by atoms with van der Waals surface area (Å²) in [4.78, 5) is 5.01. The lowest BCUT2D eigenvalue weighted by Crippen LogP contribution is -2.31. The molecule has 0 radical (unpaired) electrons. The molecule has 0 fully saturated rings. The summed E-state index contributed by atoms with van der Waals surface area (Å²) in [5.41, 5.74) is 7.40. The van der Waals surface area contributed by atoms with Gasteiger partial charge in [0.05, 0.1) is 0 Å². The van der Waals surface area contributed by atoms with Gasteiger partial charge >= 0.3 is 5.84 Å². The summed E-state index contributed by atoms with van der Waals surface area (Å²) in [6.45, 7) is 4.25. The van der Waals surface area contributed by atoms with Gasteiger partial charge in [0.1, 0.15) is 11.4 Å². The van der Waals surface area contributed by atoms with Crippen LogP contribution in [0.15, 0.2) is 77.8 Å². The second kappa shape index (κ2) is 5.63. The summed E-state index contributed by atoms with van der Waals surface area (Å²) in [7, 11) is 0. The Labute approximate surface area is 152 Å². The number of hydrogen-bond donors (Lipinski definition) is 0. The summed E-state index contributed by atoms with van der Waals surface area (Å²) in [5.74, 6) is 0.978. The Morgan fingerprint density at radius 3 is 2.38 bits per heavy atom. The summed E-state index contributed by atoms with van der Waals surface area (Å²) in [6, 6.07) is 23.4. The topological polar surface area (TPSA) is 15.4 Å². The maximum Gasteiger partial charge on any atom is 0.301 e. The van der Waals surface area contributed by atoms with E-state index >= 15 is 0 Å². The van der Waals surface area contributed by atoms with Crippen LogP contribution in [0.25, 0.3) is 11.6 Å². The molecule has 0 amide bonds. The number of amidine groups is 1. The fourth-order valence-electron chi connectivity index (χ4n) is 3.97. The Balaban J connectivity index is 2.00. The fraction of sp³-hybridized carbons (Fsp3) is 0.0833. The highest BCUT2D eigenvalue weighted by atomic mass is 15.1. The molecule has 0 spiro atoms. The molecule has 0 unspecified atom stereocenters. The summed E-state index contributed by atoms with van der Waals surface area (Å²) in [5, 5.41) is 2.21. The fourth-order valence-corrected chi connectivity index (χ4v) is 3.97. The normalized spacial score (nSPS) is 16.5. The summed E-state index contributed by atoms with van der Waals surface area (Å²) < 4.78 is 2.29. The highest BCUT2D eigenvalue weighted by molar-refractivity contribution is 5.98. The van der Waals surface area contributed by atoms with Gasteiger partial charge in [-0.3, -0.25) is 0 Å². The molecule has 0 atom stereocenters. The molecule has 3 aromatic carbocycles. The maximum absolute atomic E-state index is 5.01. The van der Waals surface area contributed by atoms with Crippen molar-refractivity contribution in [2.45, 2.75) is 13.8 Å². The minimum atomic E-state index is 0.978. The lowest BCUT2D eigenvalue weighted by molar-refractivity contribution is 1.03. The van der Waals surface area contributed by atoms with Crippen LogP contribution in [0.3, 0.4) is 0 Å². The first-order valence-corrected chi connectivity index (χ1v) is 8.93. The zero-order valence-electron chi connectivity index (χ0n) is 14.9. The first kappa shape index (κ1) is 15.0. The lowest BCUT2D eigenvalue weighted by Gasteiger charge is -2.15. The zero-order chi connectivity index (χ0) is 17.7. The second-order valence-corrected chi connectivity index (χ2v) is 6.79. The van der Waals surface area contributed by atoms with Crippen molar-refractivity contribution in [3.63, 3.8) is 0 Å². The molecule has 0 bridgehead atoms. The first-order chi connectivity index (χ1) is 12.7. The average Bonchev–Trinajstić information content (AvgIpc) is 3.08. The highest BCUT2D eigenvalue weighted by Crippen LogP contribution is 2.37. The molecule has 2 aliphatic rings. The molecule has 0 aromatic heterocycles. The molecule has 1 aliphatic carbocycles. The van der Waals surface area contributed by atoms with Crippen molar-refractivity contribution in [2.75, 3.05) is 0 Å². The van der Waals surface area contributed by atoms with E-state index < -0.39 is 0 Å². The third-order valence-electron chi connectivity index (χ3n) is 5.17. The minimum absolute atomic E-state index is 0.978. The van der Waals surface area contributed by atoms with Crippen LogP contribution in [-0.2, 0) is 0 Å². The number of benzene rings is 3. The molecule has 0 saturated carbocycles. The first-order valence-electron chi connectivity index (χ1n) is 8.93. The van der Waals surface area contributed by atoms with Crippen LogP contribution in [0.5, 0.6) is 0 Å². The largest absolute Gasteiger partial charge is 0.301 e. The summed E-state index contributed by atoms with van der Waals surface area (Å²) >= 11 is 0. The van der Waals surface area contributed by atoms with Crippen molar-refractivity contribution < 1.29 is 0 Å². The van der Waals surface area contributed by atoms with Crippen LogP contribution < -0.4 is 15.2 Å². The Morgan fingerprint density at radius 2 is 1.50 bits per heavy atom. The van der Waals surface area contributed by atoms with Gasteiger partial charge in [0.15, 0.2) is 5.36 Å². The monoisotopic (exact) mass is 335 g/mol. The molecule has 2 heteroatoms. The van der Waals surface area contributed by atoms with E-state index in [0.29, 0.717) is 0 Å². The Bertz CT molecular complexity index is 1240. The Morgan fingerprint density at radius 1 is 0.731 bits per heavy atom. The van der Waals surface area contributed by atoms with E-state index in [1.165, 1.54) is 38.9 Å². The zero-order valence-corrected chi connectivity index (χ0v) is 14.9. The lowest BCUT2D eigenvalue weighted by atomic mass is 9.99. The Hall–Kier alpha value is -3.26. The maximum atomic E-state index is 5.01. The van der Waals surface area contributed by atoms with Gasteiger partial charge in [-0.1, -0.05) is 54.6 Å². The van der Waals surface area contributed by atoms with E-state index in [1.54, 1.807) is 0 Å². The van der Waals surface area contributed by atoms with Crippen molar-refractivity contribution in [2.24, 2.45) is 4.99 Å². The molecule has 124 valence electrons. The Kier molecular flexibility index (Phi) is 3.26. The molecule has 1 aliphatic heterocycles. The number of allylic oxidation sites excluding steroid dienone is 1. The molecular weight excluding hydrogens is 316 g/mol. The number of para-hydroxylation sites is 2. The van der Waals surface area contributed by atoms with Crippen molar-refractivity contribution in [1.82, 2.24) is 4.58 Å². The van der Waals surface area contributed by atoms with Crippen LogP contribution in [0.4, 0.5) is 11.4 Å². The minimum Gasteiger partial charge on any atom is -0.193 e. The van der Waals surface area contributed by atoms with Crippen LogP contribution >= 0.6 is 0 Å². The van der Waals surface area contributed by atoms with E-state index in [4.69, 9.17) is 4.99 Å². The van der Waals surface area contributed by atoms with E-state index in [2.05, 4.69) is 97.3 Å².